The molecule has 0 saturated carbocycles. The van der Waals surface area contributed by atoms with Crippen LogP contribution in [0, 0.1) is 10.8 Å². The van der Waals surface area contributed by atoms with Crippen LogP contribution in [0.4, 0.5) is 0 Å². The standard InChI is InChI=1S/C55H74O2/c1-41(23-16-25-43(3)27-18-28-45(5)30-20-32-47(7)34-36-53-49(9)38-51(57)40-55(53,12)13)21-14-15-22-42(2)24-17-26-44(4)29-19-31-46(6)33-35-52-48(8)37-50(56)39-54(52,10)11/h14-36,50-51,56-57H,37-40H2,1-13H3/b15-14+,23-16+,24-17+,27-18+,29-19+,30-20+,35-33+,36-34+,41-21+,42-22+,43-25+,44-26+,45-28+,46-31+,47-32+. The van der Waals surface area contributed by atoms with E-state index in [1.807, 2.05) is 0 Å². The first-order valence-electron chi connectivity index (χ1n) is 20.7. The molecule has 57 heavy (non-hydrogen) atoms. The summed E-state index contributed by atoms with van der Waals surface area (Å²) in [6, 6.07) is 0. The fourth-order valence-electron chi connectivity index (χ4n) is 7.35. The van der Waals surface area contributed by atoms with Crippen molar-refractivity contribution in [1.29, 1.82) is 0 Å². The molecular weight excluding hydrogens is 693 g/mol. The summed E-state index contributed by atoms with van der Waals surface area (Å²) in [7, 11) is 0. The van der Waals surface area contributed by atoms with Crippen LogP contribution >= 0.6 is 0 Å². The van der Waals surface area contributed by atoms with E-state index in [9.17, 15) is 10.2 Å². The second-order valence-electron chi connectivity index (χ2n) is 17.5. The van der Waals surface area contributed by atoms with Gasteiger partial charge in [0.1, 0.15) is 0 Å². The topological polar surface area (TPSA) is 40.5 Å². The van der Waals surface area contributed by atoms with Crippen LogP contribution in [0.2, 0.25) is 0 Å². The highest BCUT2D eigenvalue weighted by atomic mass is 16.3. The molecule has 2 aliphatic carbocycles. The first kappa shape index (κ1) is 48.6. The second kappa shape index (κ2) is 24.3. The zero-order chi connectivity index (χ0) is 42.6. The minimum atomic E-state index is -0.232. The van der Waals surface area contributed by atoms with Crippen molar-refractivity contribution in [1.82, 2.24) is 0 Å². The molecule has 0 aliphatic heterocycles. The lowest BCUT2D eigenvalue weighted by Gasteiger charge is -2.35. The highest BCUT2D eigenvalue weighted by Gasteiger charge is 2.32. The molecule has 2 rings (SSSR count). The third-order valence-corrected chi connectivity index (χ3v) is 10.4. The van der Waals surface area contributed by atoms with E-state index in [1.165, 1.54) is 61.3 Å². The van der Waals surface area contributed by atoms with Crippen molar-refractivity contribution in [2.45, 2.75) is 128 Å². The lowest BCUT2D eigenvalue weighted by molar-refractivity contribution is 0.116. The average molecular weight is 767 g/mol. The molecule has 0 aromatic rings. The molecule has 2 atom stereocenters. The van der Waals surface area contributed by atoms with Crippen molar-refractivity contribution >= 4 is 0 Å². The lowest BCUT2D eigenvalue weighted by atomic mass is 9.71. The molecule has 2 nitrogen and oxygen atoms in total. The van der Waals surface area contributed by atoms with E-state index >= 15 is 0 Å². The third-order valence-electron chi connectivity index (χ3n) is 10.4. The Bertz CT molecular complexity index is 1910. The molecule has 0 amide bonds. The number of allylic oxidation sites excluding steroid dienone is 32. The van der Waals surface area contributed by atoms with Gasteiger partial charge in [-0.3, -0.25) is 0 Å². The first-order chi connectivity index (χ1) is 26.8. The van der Waals surface area contributed by atoms with Gasteiger partial charge in [0.25, 0.3) is 0 Å². The van der Waals surface area contributed by atoms with E-state index in [0.29, 0.717) is 0 Å². The highest BCUT2D eigenvalue weighted by Crippen LogP contribution is 2.42. The summed E-state index contributed by atoms with van der Waals surface area (Å²) in [4.78, 5) is 0. The molecule has 0 radical (unpaired) electrons. The van der Waals surface area contributed by atoms with Crippen LogP contribution in [0.15, 0.2) is 201 Å². The molecule has 0 spiro atoms. The largest absolute Gasteiger partial charge is 0.393 e. The SMILES string of the molecule is CC1=C(/C=C/C(C)=C/C=C/C(C)=C/C=C/C(C)=C/C=C/C=C(C)/C=C/C=C(C)/C=C/C=C(C)/C=C/C=C(C)/C=C/C2=C(C)CC(O)CC2(C)C)C(C)(C)CC(O)C1. The van der Waals surface area contributed by atoms with Gasteiger partial charge < -0.3 is 10.2 Å². The summed E-state index contributed by atoms with van der Waals surface area (Å²) in [5, 5.41) is 20.3. The maximum atomic E-state index is 10.1. The molecule has 2 heteroatoms. The van der Waals surface area contributed by atoms with Crippen molar-refractivity contribution in [2.75, 3.05) is 0 Å². The Labute approximate surface area is 348 Å². The summed E-state index contributed by atoms with van der Waals surface area (Å²) < 4.78 is 0. The van der Waals surface area contributed by atoms with Crippen molar-refractivity contribution in [2.24, 2.45) is 10.8 Å². The van der Waals surface area contributed by atoms with Crippen LogP contribution < -0.4 is 0 Å². The van der Waals surface area contributed by atoms with Crippen molar-refractivity contribution in [3.05, 3.63) is 201 Å². The molecule has 2 N–H and O–H groups in total. The number of rotatable bonds is 16. The monoisotopic (exact) mass is 767 g/mol. The van der Waals surface area contributed by atoms with Crippen LogP contribution in [0.1, 0.15) is 116 Å². The van der Waals surface area contributed by atoms with Gasteiger partial charge in [0.05, 0.1) is 12.2 Å². The van der Waals surface area contributed by atoms with Crippen LogP contribution in [-0.2, 0) is 0 Å². The van der Waals surface area contributed by atoms with E-state index in [0.717, 1.165) is 25.7 Å². The van der Waals surface area contributed by atoms with Gasteiger partial charge in [0, 0.05) is 0 Å². The summed E-state index contributed by atoms with van der Waals surface area (Å²) in [6.07, 6.45) is 51.7. The van der Waals surface area contributed by atoms with Gasteiger partial charge in [0.15, 0.2) is 0 Å². The Morgan fingerprint density at radius 3 is 0.877 bits per heavy atom. The maximum absolute atomic E-state index is 10.1. The fourth-order valence-corrected chi connectivity index (χ4v) is 7.35. The van der Waals surface area contributed by atoms with E-state index in [2.05, 4.69) is 230 Å². The first-order valence-corrected chi connectivity index (χ1v) is 20.7. The Hall–Kier alpha value is -4.50. The molecule has 0 heterocycles. The Morgan fingerprint density at radius 1 is 0.404 bits per heavy atom. The van der Waals surface area contributed by atoms with Crippen molar-refractivity contribution in [3.8, 4) is 0 Å². The molecule has 0 fully saturated rings. The molecular formula is C55H74O2. The molecule has 0 aromatic carbocycles. The number of aliphatic hydroxyl groups excluding tert-OH is 2. The maximum Gasteiger partial charge on any atom is 0.0585 e. The Morgan fingerprint density at radius 2 is 0.632 bits per heavy atom. The molecule has 0 saturated heterocycles. The average Bonchev–Trinajstić information content (AvgIpc) is 3.08. The fraction of sp³-hybridized carbons (Fsp3) is 0.382. The number of aliphatic hydroxyl groups is 2. The summed E-state index contributed by atoms with van der Waals surface area (Å²) in [6.45, 7) is 28.0. The third kappa shape index (κ3) is 19.5. The van der Waals surface area contributed by atoms with Gasteiger partial charge in [-0.15, -0.1) is 0 Å². The summed E-state index contributed by atoms with van der Waals surface area (Å²) in [5.41, 5.74) is 13.6. The normalized spacial score (nSPS) is 23.0. The Balaban J connectivity index is 1.83. The molecule has 2 unspecified atom stereocenters. The van der Waals surface area contributed by atoms with Gasteiger partial charge in [-0.25, -0.2) is 0 Å². The van der Waals surface area contributed by atoms with Crippen molar-refractivity contribution < 1.29 is 10.2 Å². The lowest BCUT2D eigenvalue weighted by Crippen LogP contribution is -2.28. The van der Waals surface area contributed by atoms with Crippen LogP contribution in [0.3, 0.4) is 0 Å². The second-order valence-corrected chi connectivity index (χ2v) is 17.5. The van der Waals surface area contributed by atoms with E-state index in [-0.39, 0.29) is 23.0 Å². The molecule has 0 aromatic heterocycles. The van der Waals surface area contributed by atoms with Gasteiger partial charge in [0.2, 0.25) is 0 Å². The van der Waals surface area contributed by atoms with Gasteiger partial charge in [-0.1, -0.05) is 218 Å². The van der Waals surface area contributed by atoms with Crippen LogP contribution in [-0.4, -0.2) is 22.4 Å². The van der Waals surface area contributed by atoms with Gasteiger partial charge >= 0.3 is 0 Å². The minimum absolute atomic E-state index is 0.00171. The highest BCUT2D eigenvalue weighted by molar-refractivity contribution is 5.40. The summed E-state index contributed by atoms with van der Waals surface area (Å²) in [5.74, 6) is 0. The molecule has 306 valence electrons. The molecule has 0 bridgehead atoms. The van der Waals surface area contributed by atoms with E-state index in [4.69, 9.17) is 0 Å². The quantitative estimate of drug-likeness (QED) is 0.154. The van der Waals surface area contributed by atoms with E-state index in [1.54, 1.807) is 0 Å². The molecule has 2 aliphatic rings. The van der Waals surface area contributed by atoms with Gasteiger partial charge in [-0.05, 0) is 110 Å². The zero-order valence-electron chi connectivity index (χ0n) is 37.7. The van der Waals surface area contributed by atoms with E-state index < -0.39 is 0 Å². The zero-order valence-corrected chi connectivity index (χ0v) is 37.7. The van der Waals surface area contributed by atoms with Crippen LogP contribution in [0.5, 0.6) is 0 Å². The van der Waals surface area contributed by atoms with Gasteiger partial charge in [-0.2, -0.15) is 0 Å². The minimum Gasteiger partial charge on any atom is -0.393 e. The predicted octanol–water partition coefficient (Wildman–Crippen LogP) is 15.1. The Kier molecular flexibility index (Phi) is 20.7. The number of hydrogen-bond donors (Lipinski definition) is 2. The number of hydrogen-bond acceptors (Lipinski definition) is 2. The van der Waals surface area contributed by atoms with Crippen molar-refractivity contribution in [3.63, 3.8) is 0 Å². The smallest absolute Gasteiger partial charge is 0.0585 e. The van der Waals surface area contributed by atoms with Crippen LogP contribution in [0.25, 0.3) is 0 Å². The summed E-state index contributed by atoms with van der Waals surface area (Å²) >= 11 is 0. The predicted molar refractivity (Wildman–Crippen MR) is 253 cm³/mol.